The molecule has 4 aromatic rings. The summed E-state index contributed by atoms with van der Waals surface area (Å²) in [5.41, 5.74) is 3.49. The first-order valence-corrected chi connectivity index (χ1v) is 8.60. The van der Waals surface area contributed by atoms with E-state index in [0.717, 1.165) is 5.56 Å². The van der Waals surface area contributed by atoms with Crippen LogP contribution in [0.1, 0.15) is 10.4 Å². The minimum atomic E-state index is -0.989. The molecule has 0 atom stereocenters. The molecule has 0 amide bonds. The molecule has 0 aliphatic rings. The van der Waals surface area contributed by atoms with Crippen LogP contribution in [0.3, 0.4) is 0 Å². The number of carbonyl (C=O) groups is 1. The molecule has 0 fully saturated rings. The topological polar surface area (TPSA) is 90.1 Å². The summed E-state index contributed by atoms with van der Waals surface area (Å²) in [5, 5.41) is 17.3. The first kappa shape index (κ1) is 18.3. The van der Waals surface area contributed by atoms with Crippen LogP contribution in [-0.2, 0) is 0 Å². The zero-order valence-electron chi connectivity index (χ0n) is 15.3. The molecule has 1 N–H and O–H groups in total. The average Bonchev–Trinajstić information content (AvgIpc) is 3.24. The zero-order chi connectivity index (χ0) is 20.4. The van der Waals surface area contributed by atoms with Gasteiger partial charge in [0.05, 0.1) is 30.8 Å². The number of halogens is 1. The highest BCUT2D eigenvalue weighted by atomic mass is 19.1. The maximum Gasteiger partial charge on any atom is 0.335 e. The number of aromatic nitrogens is 4. The number of carboxylic acids is 1. The molecule has 0 aliphatic carbocycles. The minimum absolute atomic E-state index is 0.198. The Balaban J connectivity index is 1.66. The summed E-state index contributed by atoms with van der Waals surface area (Å²) in [7, 11) is 1.48. The average molecular weight is 390 g/mol. The van der Waals surface area contributed by atoms with Gasteiger partial charge in [0.2, 0.25) is 0 Å². The van der Waals surface area contributed by atoms with Crippen molar-refractivity contribution in [1.82, 2.24) is 20.0 Å². The molecule has 0 unspecified atom stereocenters. The van der Waals surface area contributed by atoms with Gasteiger partial charge >= 0.3 is 5.97 Å². The van der Waals surface area contributed by atoms with Gasteiger partial charge < -0.3 is 9.84 Å². The van der Waals surface area contributed by atoms with Crippen LogP contribution >= 0.6 is 0 Å². The van der Waals surface area contributed by atoms with E-state index in [-0.39, 0.29) is 5.56 Å². The van der Waals surface area contributed by atoms with Crippen LogP contribution in [0.25, 0.3) is 28.1 Å². The Hall–Kier alpha value is -4.07. The Bertz CT molecular complexity index is 1190. The number of ether oxygens (including phenoxy) is 1. The van der Waals surface area contributed by atoms with Gasteiger partial charge in [-0.2, -0.15) is 0 Å². The van der Waals surface area contributed by atoms with E-state index in [1.54, 1.807) is 41.5 Å². The lowest BCUT2D eigenvalue weighted by Crippen LogP contribution is -1.96. The normalized spacial score (nSPS) is 10.7. The van der Waals surface area contributed by atoms with Gasteiger partial charge in [-0.05, 0) is 35.9 Å². The molecule has 29 heavy (non-hydrogen) atoms. The number of aromatic carboxylic acids is 1. The van der Waals surface area contributed by atoms with E-state index in [2.05, 4.69) is 15.3 Å². The molecule has 0 saturated carbocycles. The summed E-state index contributed by atoms with van der Waals surface area (Å²) in [5.74, 6) is -0.979. The zero-order valence-corrected chi connectivity index (χ0v) is 15.3. The minimum Gasteiger partial charge on any atom is -0.497 e. The van der Waals surface area contributed by atoms with E-state index >= 15 is 0 Å². The van der Waals surface area contributed by atoms with Gasteiger partial charge in [0, 0.05) is 23.4 Å². The summed E-state index contributed by atoms with van der Waals surface area (Å²) < 4.78 is 20.5. The van der Waals surface area contributed by atoms with Gasteiger partial charge in [0.25, 0.3) is 0 Å². The summed E-state index contributed by atoms with van der Waals surface area (Å²) in [6.07, 6.45) is 4.95. The van der Waals surface area contributed by atoms with Crippen molar-refractivity contribution in [3.8, 4) is 33.8 Å². The Morgan fingerprint density at radius 1 is 1.03 bits per heavy atom. The third-order valence-corrected chi connectivity index (χ3v) is 4.35. The van der Waals surface area contributed by atoms with E-state index in [1.165, 1.54) is 31.4 Å². The van der Waals surface area contributed by atoms with Crippen LogP contribution in [0.4, 0.5) is 4.39 Å². The number of hydrogen-bond acceptors (Lipinski definition) is 5. The van der Waals surface area contributed by atoms with Crippen molar-refractivity contribution in [2.45, 2.75) is 0 Å². The fraction of sp³-hybridized carbons (Fsp3) is 0.0476. The van der Waals surface area contributed by atoms with E-state index in [9.17, 15) is 9.18 Å². The SMILES string of the molecule is COc1cc(F)cc(-c2cncc(-n3cc(-c4ccc(C(=O)O)cc4)nn3)c2)c1. The van der Waals surface area contributed by atoms with E-state index in [1.807, 2.05) is 6.07 Å². The van der Waals surface area contributed by atoms with Gasteiger partial charge in [0.1, 0.15) is 17.3 Å². The van der Waals surface area contributed by atoms with Crippen LogP contribution in [0, 0.1) is 5.82 Å². The monoisotopic (exact) mass is 390 g/mol. The first-order valence-electron chi connectivity index (χ1n) is 8.60. The lowest BCUT2D eigenvalue weighted by atomic mass is 10.1. The molecule has 2 aromatic carbocycles. The molecular weight excluding hydrogens is 375 g/mol. The molecule has 0 bridgehead atoms. The third-order valence-electron chi connectivity index (χ3n) is 4.35. The van der Waals surface area contributed by atoms with E-state index < -0.39 is 11.8 Å². The summed E-state index contributed by atoms with van der Waals surface area (Å²) in [6, 6.07) is 12.6. The van der Waals surface area contributed by atoms with Crippen molar-refractivity contribution in [2.75, 3.05) is 7.11 Å². The Labute approximate surface area is 165 Å². The Kier molecular flexibility index (Phi) is 4.74. The Morgan fingerprint density at radius 3 is 2.55 bits per heavy atom. The smallest absolute Gasteiger partial charge is 0.335 e. The van der Waals surface area contributed by atoms with Gasteiger partial charge in [-0.25, -0.2) is 13.9 Å². The van der Waals surface area contributed by atoms with E-state index in [0.29, 0.717) is 28.3 Å². The number of carboxylic acid groups (broad SMARTS) is 1. The number of hydrogen-bond donors (Lipinski definition) is 1. The predicted molar refractivity (Wildman–Crippen MR) is 103 cm³/mol. The highest BCUT2D eigenvalue weighted by Crippen LogP contribution is 2.27. The van der Waals surface area contributed by atoms with Gasteiger partial charge in [-0.1, -0.05) is 17.3 Å². The van der Waals surface area contributed by atoms with E-state index in [4.69, 9.17) is 9.84 Å². The predicted octanol–water partition coefficient (Wildman–Crippen LogP) is 3.84. The molecule has 4 rings (SSSR count). The van der Waals surface area contributed by atoms with Crippen LogP contribution in [0.15, 0.2) is 67.1 Å². The Morgan fingerprint density at radius 2 is 1.83 bits per heavy atom. The summed E-state index contributed by atoms with van der Waals surface area (Å²) in [4.78, 5) is 15.2. The molecule has 2 heterocycles. The van der Waals surface area contributed by atoms with Crippen molar-refractivity contribution in [3.05, 3.63) is 78.5 Å². The molecule has 7 nitrogen and oxygen atoms in total. The second-order valence-electron chi connectivity index (χ2n) is 6.24. The number of methoxy groups -OCH3 is 1. The molecule has 144 valence electrons. The van der Waals surface area contributed by atoms with Gasteiger partial charge in [-0.15, -0.1) is 5.10 Å². The lowest BCUT2D eigenvalue weighted by Gasteiger charge is -2.07. The highest BCUT2D eigenvalue weighted by Gasteiger charge is 2.10. The number of benzene rings is 2. The quantitative estimate of drug-likeness (QED) is 0.557. The standard InChI is InChI=1S/C21H15FN4O3/c1-29-19-8-15(6-17(22)9-19)16-7-18(11-23-10-16)26-12-20(24-25-26)13-2-4-14(5-3-13)21(27)28/h2-12H,1H3,(H,27,28). The second-order valence-corrected chi connectivity index (χ2v) is 6.24. The molecule has 0 radical (unpaired) electrons. The molecule has 0 spiro atoms. The molecular formula is C21H15FN4O3. The maximum atomic E-state index is 13.8. The lowest BCUT2D eigenvalue weighted by molar-refractivity contribution is 0.0697. The molecule has 8 heteroatoms. The van der Waals surface area contributed by atoms with Gasteiger partial charge in [0.15, 0.2) is 0 Å². The van der Waals surface area contributed by atoms with Crippen molar-refractivity contribution in [1.29, 1.82) is 0 Å². The van der Waals surface area contributed by atoms with Crippen molar-refractivity contribution < 1.29 is 19.0 Å². The second kappa shape index (κ2) is 7.51. The fourth-order valence-electron chi connectivity index (χ4n) is 2.86. The van der Waals surface area contributed by atoms with Crippen LogP contribution < -0.4 is 4.74 Å². The maximum absolute atomic E-state index is 13.8. The molecule has 0 saturated heterocycles. The van der Waals surface area contributed by atoms with Crippen LogP contribution in [-0.4, -0.2) is 38.2 Å². The fourth-order valence-corrected chi connectivity index (χ4v) is 2.86. The largest absolute Gasteiger partial charge is 0.497 e. The van der Waals surface area contributed by atoms with Crippen LogP contribution in [0.2, 0.25) is 0 Å². The molecule has 0 aliphatic heterocycles. The van der Waals surface area contributed by atoms with Crippen molar-refractivity contribution >= 4 is 5.97 Å². The molecule has 2 aromatic heterocycles. The number of nitrogens with zero attached hydrogens (tertiary/aromatic N) is 4. The van der Waals surface area contributed by atoms with Crippen LogP contribution in [0.5, 0.6) is 5.75 Å². The van der Waals surface area contributed by atoms with Gasteiger partial charge in [-0.3, -0.25) is 4.98 Å². The van der Waals surface area contributed by atoms with Crippen molar-refractivity contribution in [3.63, 3.8) is 0 Å². The summed E-state index contributed by atoms with van der Waals surface area (Å²) in [6.45, 7) is 0. The van der Waals surface area contributed by atoms with Crippen molar-refractivity contribution in [2.24, 2.45) is 0 Å². The number of rotatable bonds is 5. The third kappa shape index (κ3) is 3.81. The summed E-state index contributed by atoms with van der Waals surface area (Å²) >= 11 is 0. The highest BCUT2D eigenvalue weighted by molar-refractivity contribution is 5.88. The first-order chi connectivity index (χ1) is 14.0. The number of pyridine rings is 1.